The molecule has 1 N–H and O–H groups in total. The first-order valence-electron chi connectivity index (χ1n) is 8.52. The number of hydrogen-bond donors (Lipinski definition) is 1. The molecule has 4 nitrogen and oxygen atoms in total. The number of aromatic nitrogens is 1. The van der Waals surface area contributed by atoms with Gasteiger partial charge in [-0.1, -0.05) is 29.3 Å². The number of rotatable bonds is 4. The van der Waals surface area contributed by atoms with E-state index < -0.39 is 0 Å². The third kappa shape index (κ3) is 5.34. The maximum atomic E-state index is 13.2. The lowest BCUT2D eigenvalue weighted by atomic mass is 10.0. The van der Waals surface area contributed by atoms with Crippen LogP contribution in [-0.4, -0.2) is 34.9 Å². The molecule has 0 radical (unpaired) electrons. The van der Waals surface area contributed by atoms with Gasteiger partial charge in [0, 0.05) is 17.3 Å². The van der Waals surface area contributed by atoms with Gasteiger partial charge >= 0.3 is 0 Å². The number of halogens is 3. The summed E-state index contributed by atoms with van der Waals surface area (Å²) in [6.45, 7) is 2.37. The van der Waals surface area contributed by atoms with Gasteiger partial charge < -0.3 is 10.2 Å². The highest BCUT2D eigenvalue weighted by atomic mass is 35.5. The number of amides is 1. The maximum absolute atomic E-state index is 13.2. The zero-order chi connectivity index (χ0) is 17.6. The Balaban J connectivity index is 0.00000243. The second kappa shape index (κ2) is 10.1. The minimum Gasteiger partial charge on any atom is -0.330 e. The maximum Gasteiger partial charge on any atom is 0.255 e. The molecule has 1 aromatic heterocycles. The summed E-state index contributed by atoms with van der Waals surface area (Å²) in [5.74, 6) is -0.0702. The van der Waals surface area contributed by atoms with Gasteiger partial charge in [-0.05, 0) is 62.7 Å². The summed E-state index contributed by atoms with van der Waals surface area (Å²) >= 11 is 12.3. The van der Waals surface area contributed by atoms with Crippen LogP contribution >= 0.6 is 35.6 Å². The van der Waals surface area contributed by atoms with E-state index in [0.717, 1.165) is 38.0 Å². The molecule has 1 aromatic carbocycles. The summed E-state index contributed by atoms with van der Waals surface area (Å²) in [5.41, 5.74) is 1.36. The van der Waals surface area contributed by atoms with E-state index in [9.17, 15) is 4.79 Å². The first kappa shape index (κ1) is 21.0. The van der Waals surface area contributed by atoms with Gasteiger partial charge in [-0.25, -0.2) is 0 Å². The SMILES string of the molecule is Cl.O=C(c1ccc(Cl)cc1Cl)N(Cc1ccccn1)C1CCCNCC1. The lowest BCUT2D eigenvalue weighted by Crippen LogP contribution is -2.40. The van der Waals surface area contributed by atoms with Crippen LogP contribution in [0.5, 0.6) is 0 Å². The number of pyridine rings is 1. The first-order chi connectivity index (χ1) is 12.1. The Labute approximate surface area is 170 Å². The number of nitrogens with zero attached hydrogens (tertiary/aromatic N) is 2. The second-order valence-corrected chi connectivity index (χ2v) is 7.06. The third-order valence-corrected chi connectivity index (χ3v) is 5.01. The predicted octanol–water partition coefficient (Wildman–Crippen LogP) is 4.59. The van der Waals surface area contributed by atoms with Gasteiger partial charge in [0.05, 0.1) is 22.8 Å². The molecular formula is C19H22Cl3N3O. The van der Waals surface area contributed by atoms with E-state index in [2.05, 4.69) is 10.3 Å². The molecule has 0 spiro atoms. The molecule has 1 aliphatic heterocycles. The molecule has 140 valence electrons. The molecule has 2 aromatic rings. The average Bonchev–Trinajstić information content (AvgIpc) is 2.89. The number of carbonyl (C=O) groups is 1. The van der Waals surface area contributed by atoms with E-state index >= 15 is 0 Å². The lowest BCUT2D eigenvalue weighted by Gasteiger charge is -2.31. The van der Waals surface area contributed by atoms with E-state index in [-0.39, 0.29) is 24.4 Å². The zero-order valence-electron chi connectivity index (χ0n) is 14.3. The van der Waals surface area contributed by atoms with Crippen molar-refractivity contribution in [3.63, 3.8) is 0 Å². The molecule has 3 rings (SSSR count). The molecule has 0 saturated carbocycles. The average molecular weight is 415 g/mol. The van der Waals surface area contributed by atoms with Gasteiger partial charge in [0.15, 0.2) is 0 Å². The van der Waals surface area contributed by atoms with E-state index in [1.807, 2.05) is 23.1 Å². The largest absolute Gasteiger partial charge is 0.330 e. The second-order valence-electron chi connectivity index (χ2n) is 6.21. The summed E-state index contributed by atoms with van der Waals surface area (Å²) in [6, 6.07) is 10.9. The third-order valence-electron chi connectivity index (χ3n) is 4.47. The van der Waals surface area contributed by atoms with Gasteiger partial charge in [-0.15, -0.1) is 12.4 Å². The molecule has 1 unspecified atom stereocenters. The Morgan fingerprint density at radius 3 is 2.77 bits per heavy atom. The minimum absolute atomic E-state index is 0. The summed E-state index contributed by atoms with van der Waals surface area (Å²) in [6.07, 6.45) is 4.69. The summed E-state index contributed by atoms with van der Waals surface area (Å²) in [7, 11) is 0. The highest BCUT2D eigenvalue weighted by Crippen LogP contribution is 2.25. The van der Waals surface area contributed by atoms with E-state index in [4.69, 9.17) is 23.2 Å². The van der Waals surface area contributed by atoms with Crippen molar-refractivity contribution in [2.45, 2.75) is 31.8 Å². The molecule has 26 heavy (non-hydrogen) atoms. The molecule has 1 fully saturated rings. The molecular weight excluding hydrogens is 393 g/mol. The van der Waals surface area contributed by atoms with Crippen molar-refractivity contribution >= 4 is 41.5 Å². The van der Waals surface area contributed by atoms with Crippen molar-refractivity contribution in [3.05, 3.63) is 63.9 Å². The van der Waals surface area contributed by atoms with Crippen molar-refractivity contribution in [2.24, 2.45) is 0 Å². The van der Waals surface area contributed by atoms with Crippen LogP contribution < -0.4 is 5.32 Å². The van der Waals surface area contributed by atoms with Crippen LogP contribution in [0.1, 0.15) is 35.3 Å². The zero-order valence-corrected chi connectivity index (χ0v) is 16.7. The van der Waals surface area contributed by atoms with Crippen LogP contribution in [0.15, 0.2) is 42.6 Å². The van der Waals surface area contributed by atoms with E-state index in [1.54, 1.807) is 24.4 Å². The molecule has 7 heteroatoms. The lowest BCUT2D eigenvalue weighted by molar-refractivity contribution is 0.0642. The molecule has 0 aliphatic carbocycles. The van der Waals surface area contributed by atoms with Crippen LogP contribution in [-0.2, 0) is 6.54 Å². The summed E-state index contributed by atoms with van der Waals surface area (Å²) < 4.78 is 0. The fourth-order valence-corrected chi connectivity index (χ4v) is 3.65. The van der Waals surface area contributed by atoms with E-state index in [0.29, 0.717) is 22.2 Å². The number of benzene rings is 1. The Morgan fingerprint density at radius 1 is 1.19 bits per heavy atom. The first-order valence-corrected chi connectivity index (χ1v) is 9.27. The molecule has 1 amide bonds. The van der Waals surface area contributed by atoms with Crippen LogP contribution in [0.2, 0.25) is 10.0 Å². The van der Waals surface area contributed by atoms with E-state index in [1.165, 1.54) is 0 Å². The summed E-state index contributed by atoms with van der Waals surface area (Å²) in [4.78, 5) is 19.5. The van der Waals surface area contributed by atoms with Crippen LogP contribution in [0.3, 0.4) is 0 Å². The highest BCUT2D eigenvalue weighted by Gasteiger charge is 2.27. The minimum atomic E-state index is -0.0702. The number of carbonyl (C=O) groups excluding carboxylic acids is 1. The van der Waals surface area contributed by atoms with Crippen molar-refractivity contribution in [3.8, 4) is 0 Å². The van der Waals surface area contributed by atoms with Crippen LogP contribution in [0.4, 0.5) is 0 Å². The number of hydrogen-bond acceptors (Lipinski definition) is 3. The van der Waals surface area contributed by atoms with Crippen LogP contribution in [0.25, 0.3) is 0 Å². The fraction of sp³-hybridized carbons (Fsp3) is 0.368. The Kier molecular flexibility index (Phi) is 8.16. The van der Waals surface area contributed by atoms with Gasteiger partial charge in [0.1, 0.15) is 0 Å². The van der Waals surface area contributed by atoms with Crippen LogP contribution in [0, 0.1) is 0 Å². The fourth-order valence-electron chi connectivity index (χ4n) is 3.16. The van der Waals surface area contributed by atoms with Crippen molar-refractivity contribution in [1.82, 2.24) is 15.2 Å². The molecule has 1 aliphatic rings. The predicted molar refractivity (Wildman–Crippen MR) is 108 cm³/mol. The standard InChI is InChI=1S/C19H21Cl2N3O.ClH/c20-14-6-7-17(18(21)12-14)19(25)24(13-15-4-1-2-10-23-15)16-5-3-9-22-11-8-16;/h1-2,4,6-7,10,12,16,22H,3,5,8-9,11,13H2;1H. The Bertz CT molecular complexity index is 719. The Hall–Kier alpha value is -1.33. The molecule has 0 bridgehead atoms. The molecule has 2 heterocycles. The summed E-state index contributed by atoms with van der Waals surface area (Å²) in [5, 5.41) is 4.31. The molecule has 1 atom stereocenters. The Morgan fingerprint density at radius 2 is 2.04 bits per heavy atom. The van der Waals surface area contributed by atoms with Gasteiger partial charge in [0.2, 0.25) is 0 Å². The highest BCUT2D eigenvalue weighted by molar-refractivity contribution is 6.36. The quantitative estimate of drug-likeness (QED) is 0.795. The van der Waals surface area contributed by atoms with Gasteiger partial charge in [-0.3, -0.25) is 9.78 Å². The monoisotopic (exact) mass is 413 g/mol. The van der Waals surface area contributed by atoms with Gasteiger partial charge in [-0.2, -0.15) is 0 Å². The smallest absolute Gasteiger partial charge is 0.255 e. The normalized spacial score (nSPS) is 17.1. The van der Waals surface area contributed by atoms with Crippen molar-refractivity contribution < 1.29 is 4.79 Å². The number of nitrogens with one attached hydrogen (secondary N) is 1. The van der Waals surface area contributed by atoms with Crippen molar-refractivity contribution in [1.29, 1.82) is 0 Å². The van der Waals surface area contributed by atoms with Crippen molar-refractivity contribution in [2.75, 3.05) is 13.1 Å². The topological polar surface area (TPSA) is 45.2 Å². The molecule has 1 saturated heterocycles. The van der Waals surface area contributed by atoms with Gasteiger partial charge in [0.25, 0.3) is 5.91 Å².